The molecule has 2 aromatic rings. The summed E-state index contributed by atoms with van der Waals surface area (Å²) in [7, 11) is 0. The molecule has 198 valence electrons. The summed E-state index contributed by atoms with van der Waals surface area (Å²) >= 11 is 0. The number of carbonyl (C=O) groups excluding carboxylic acids is 1. The number of hydrogen-bond donors (Lipinski definition) is 1. The molecule has 0 saturated carbocycles. The number of hydrogen-bond acceptors (Lipinski definition) is 5. The number of ether oxygens (including phenoxy) is 2. The summed E-state index contributed by atoms with van der Waals surface area (Å²) in [6, 6.07) is 18.4. The summed E-state index contributed by atoms with van der Waals surface area (Å²) in [6.45, 7) is 5.03. The fourth-order valence-electron chi connectivity index (χ4n) is 5.21. The lowest BCUT2D eigenvalue weighted by Gasteiger charge is -2.33. The lowest BCUT2D eigenvalue weighted by atomic mass is 9.83. The molecule has 2 aliphatic rings. The zero-order valence-corrected chi connectivity index (χ0v) is 21.8. The maximum absolute atomic E-state index is 13.2. The van der Waals surface area contributed by atoms with Crippen molar-refractivity contribution in [3.8, 4) is 5.75 Å². The second kappa shape index (κ2) is 13.4. The van der Waals surface area contributed by atoms with Gasteiger partial charge in [0.2, 0.25) is 0 Å². The molecule has 37 heavy (non-hydrogen) atoms. The number of aliphatic carboxylic acids is 1. The van der Waals surface area contributed by atoms with Crippen LogP contribution in [0.4, 0.5) is 0 Å². The Bertz CT molecular complexity index is 1040. The minimum atomic E-state index is -0.948. The molecule has 0 bridgehead atoms. The fraction of sp³-hybridized carbons (Fsp3) is 0.484. The lowest BCUT2D eigenvalue weighted by Crippen LogP contribution is -2.44. The third-order valence-electron chi connectivity index (χ3n) is 7.60. The van der Waals surface area contributed by atoms with E-state index in [0.29, 0.717) is 25.3 Å². The number of rotatable bonds is 11. The number of nitrogens with zero attached hydrogens (tertiary/aromatic N) is 1. The van der Waals surface area contributed by atoms with Crippen molar-refractivity contribution in [1.29, 1.82) is 0 Å². The number of allylic oxidation sites excluding steroid dienone is 2. The first-order chi connectivity index (χ1) is 18.0. The lowest BCUT2D eigenvalue weighted by molar-refractivity contribution is -0.164. The highest BCUT2D eigenvalue weighted by atomic mass is 16.6. The van der Waals surface area contributed by atoms with Gasteiger partial charge in [0.1, 0.15) is 18.5 Å². The Hall–Kier alpha value is -3.12. The number of para-hydroxylation sites is 1. The van der Waals surface area contributed by atoms with E-state index in [2.05, 4.69) is 42.2 Å². The van der Waals surface area contributed by atoms with E-state index < -0.39 is 29.9 Å². The van der Waals surface area contributed by atoms with Crippen LogP contribution in [0.1, 0.15) is 43.7 Å². The van der Waals surface area contributed by atoms with Crippen LogP contribution in [-0.4, -0.2) is 54.3 Å². The molecule has 1 aliphatic heterocycles. The van der Waals surface area contributed by atoms with Crippen molar-refractivity contribution in [3.63, 3.8) is 0 Å². The Kier molecular flexibility index (Phi) is 9.78. The molecule has 3 atom stereocenters. The highest BCUT2D eigenvalue weighted by Crippen LogP contribution is 2.28. The number of aryl methyl sites for hydroxylation is 2. The zero-order valence-electron chi connectivity index (χ0n) is 21.8. The van der Waals surface area contributed by atoms with Gasteiger partial charge in [0.15, 0.2) is 0 Å². The van der Waals surface area contributed by atoms with Crippen LogP contribution in [0.15, 0.2) is 66.7 Å². The maximum Gasteiger partial charge on any atom is 0.310 e. The number of piperidine rings is 1. The van der Waals surface area contributed by atoms with Gasteiger partial charge in [-0.25, -0.2) is 0 Å². The number of esters is 1. The van der Waals surface area contributed by atoms with Crippen LogP contribution in [0.3, 0.4) is 0 Å². The topological polar surface area (TPSA) is 76.1 Å². The summed E-state index contributed by atoms with van der Waals surface area (Å²) in [5, 5.41) is 9.62. The van der Waals surface area contributed by atoms with Gasteiger partial charge in [-0.1, -0.05) is 67.6 Å². The smallest absolute Gasteiger partial charge is 0.310 e. The normalized spacial score (nSPS) is 21.3. The van der Waals surface area contributed by atoms with Crippen molar-refractivity contribution < 1.29 is 24.2 Å². The second-order valence-corrected chi connectivity index (χ2v) is 10.4. The number of carbonyl (C=O) groups is 2. The van der Waals surface area contributed by atoms with E-state index in [1.54, 1.807) is 0 Å². The number of benzene rings is 2. The van der Waals surface area contributed by atoms with Gasteiger partial charge in [0.05, 0.1) is 11.8 Å². The van der Waals surface area contributed by atoms with Gasteiger partial charge in [-0.2, -0.15) is 0 Å². The van der Waals surface area contributed by atoms with Crippen molar-refractivity contribution in [3.05, 3.63) is 77.9 Å². The third-order valence-corrected chi connectivity index (χ3v) is 7.60. The zero-order chi connectivity index (χ0) is 26.0. The van der Waals surface area contributed by atoms with Crippen molar-refractivity contribution in [1.82, 2.24) is 4.90 Å². The predicted molar refractivity (Wildman–Crippen MR) is 143 cm³/mol. The van der Waals surface area contributed by atoms with E-state index in [4.69, 9.17) is 9.47 Å². The summed E-state index contributed by atoms with van der Waals surface area (Å²) in [4.78, 5) is 27.2. The van der Waals surface area contributed by atoms with E-state index in [0.717, 1.165) is 50.1 Å². The molecule has 1 N–H and O–H groups in total. The van der Waals surface area contributed by atoms with Crippen molar-refractivity contribution in [2.24, 2.45) is 17.8 Å². The molecule has 6 nitrogen and oxygen atoms in total. The van der Waals surface area contributed by atoms with Crippen LogP contribution in [0, 0.1) is 17.8 Å². The van der Waals surface area contributed by atoms with Gasteiger partial charge >= 0.3 is 11.9 Å². The van der Waals surface area contributed by atoms with Crippen LogP contribution in [0.5, 0.6) is 5.75 Å². The quantitative estimate of drug-likeness (QED) is 0.336. The summed E-state index contributed by atoms with van der Waals surface area (Å²) in [6.07, 6.45) is 8.01. The summed E-state index contributed by atoms with van der Waals surface area (Å²) in [5.74, 6) is -1.28. The van der Waals surface area contributed by atoms with Gasteiger partial charge in [0, 0.05) is 6.54 Å². The Balaban J connectivity index is 1.42. The van der Waals surface area contributed by atoms with Crippen LogP contribution in [0.25, 0.3) is 0 Å². The van der Waals surface area contributed by atoms with Gasteiger partial charge in [-0.15, -0.1) is 0 Å². The minimum Gasteiger partial charge on any atom is -0.489 e. The largest absolute Gasteiger partial charge is 0.489 e. The monoisotopic (exact) mass is 505 g/mol. The van der Waals surface area contributed by atoms with Crippen LogP contribution < -0.4 is 4.74 Å². The summed E-state index contributed by atoms with van der Waals surface area (Å²) < 4.78 is 12.3. The van der Waals surface area contributed by atoms with Crippen LogP contribution >= 0.6 is 0 Å². The fourth-order valence-corrected chi connectivity index (χ4v) is 5.21. The van der Waals surface area contributed by atoms with Gasteiger partial charge in [-0.05, 0) is 74.7 Å². The van der Waals surface area contributed by atoms with Crippen molar-refractivity contribution >= 4 is 11.9 Å². The molecule has 0 radical (unpaired) electrons. The van der Waals surface area contributed by atoms with Crippen LogP contribution in [0.2, 0.25) is 0 Å². The molecule has 0 spiro atoms. The number of carboxylic acid groups (broad SMARTS) is 1. The highest BCUT2D eigenvalue weighted by Gasteiger charge is 2.36. The molecular formula is C31H39NO5. The van der Waals surface area contributed by atoms with Gasteiger partial charge < -0.3 is 14.6 Å². The molecule has 6 heteroatoms. The molecule has 1 fully saturated rings. The molecule has 1 aliphatic carbocycles. The number of carboxylic acids is 1. The van der Waals surface area contributed by atoms with Gasteiger partial charge in [0.25, 0.3) is 0 Å². The SMILES string of the molecule is CC1CCN(CC(COc2ccccc2CCc2ccccc2)OC(=O)C2CC=CCC2C(=O)O)CC1. The highest BCUT2D eigenvalue weighted by molar-refractivity contribution is 5.81. The molecule has 1 heterocycles. The minimum absolute atomic E-state index is 0.237. The van der Waals surface area contributed by atoms with E-state index >= 15 is 0 Å². The first kappa shape index (κ1) is 26.9. The Morgan fingerprint density at radius 2 is 1.62 bits per heavy atom. The first-order valence-electron chi connectivity index (χ1n) is 13.5. The third kappa shape index (κ3) is 7.93. The van der Waals surface area contributed by atoms with Crippen molar-refractivity contribution in [2.45, 2.75) is 51.6 Å². The average molecular weight is 506 g/mol. The first-order valence-corrected chi connectivity index (χ1v) is 13.5. The molecule has 1 saturated heterocycles. The Labute approximate surface area is 220 Å². The number of likely N-dealkylation sites (tertiary alicyclic amines) is 1. The standard InChI is InChI=1S/C31H39NO5/c1-23-17-19-32(20-18-23)21-26(37-31(35)28-13-7-6-12-27(28)30(33)34)22-36-29-14-8-5-11-25(29)16-15-24-9-3-2-4-10-24/h2-11,14,23,26-28H,12-13,15-22H2,1H3,(H,33,34). The molecule has 2 aromatic carbocycles. The molecular weight excluding hydrogens is 466 g/mol. The Morgan fingerprint density at radius 3 is 2.35 bits per heavy atom. The molecule has 0 amide bonds. The van der Waals surface area contributed by atoms with E-state index in [1.807, 2.05) is 36.4 Å². The van der Waals surface area contributed by atoms with E-state index in [-0.39, 0.29) is 6.61 Å². The van der Waals surface area contributed by atoms with E-state index in [1.165, 1.54) is 5.56 Å². The Morgan fingerprint density at radius 1 is 0.946 bits per heavy atom. The average Bonchev–Trinajstić information content (AvgIpc) is 2.92. The predicted octanol–water partition coefficient (Wildman–Crippen LogP) is 5.16. The maximum atomic E-state index is 13.2. The van der Waals surface area contributed by atoms with Crippen molar-refractivity contribution in [2.75, 3.05) is 26.2 Å². The molecule has 4 rings (SSSR count). The van der Waals surface area contributed by atoms with Gasteiger partial charge in [-0.3, -0.25) is 14.5 Å². The summed E-state index contributed by atoms with van der Waals surface area (Å²) in [5.41, 5.74) is 2.39. The molecule has 3 unspecified atom stereocenters. The van der Waals surface area contributed by atoms with Crippen LogP contribution in [-0.2, 0) is 27.2 Å². The van der Waals surface area contributed by atoms with E-state index in [9.17, 15) is 14.7 Å². The molecule has 0 aromatic heterocycles. The second-order valence-electron chi connectivity index (χ2n) is 10.4.